The molecule has 0 saturated heterocycles. The first-order valence-electron chi connectivity index (χ1n) is 13.9. The number of aryl methyl sites for hydroxylation is 2. The highest BCUT2D eigenvalue weighted by molar-refractivity contribution is 8.00. The monoisotopic (exact) mass is 615 g/mol. The lowest BCUT2D eigenvalue weighted by Gasteiger charge is -2.18. The number of ether oxygens (including phenoxy) is 1. The minimum atomic E-state index is -0.550. The molecule has 0 saturated carbocycles. The molecule has 1 aliphatic carbocycles. The number of thiocarbonyl (C=S) groups is 1. The second-order valence-corrected chi connectivity index (χ2v) is 12.8. The van der Waals surface area contributed by atoms with Crippen LogP contribution in [0.4, 0.5) is 16.4 Å². The Hall–Kier alpha value is -3.66. The first-order chi connectivity index (χ1) is 20.4. The molecular weight excluding hydrogens is 583 g/mol. The Morgan fingerprint density at radius 3 is 2.38 bits per heavy atom. The van der Waals surface area contributed by atoms with Crippen molar-refractivity contribution in [3.8, 4) is 0 Å². The number of carbonyl (C=O) groups excluding carboxylic acids is 2. The van der Waals surface area contributed by atoms with Crippen LogP contribution in [0.2, 0.25) is 0 Å². The summed E-state index contributed by atoms with van der Waals surface area (Å²) in [5.74, 6) is -0.592. The van der Waals surface area contributed by atoms with E-state index in [1.165, 1.54) is 40.6 Å². The first-order valence-corrected chi connectivity index (χ1v) is 16.0. The molecule has 1 amide bonds. The van der Waals surface area contributed by atoms with E-state index in [0.29, 0.717) is 15.7 Å². The predicted octanol–water partition coefficient (Wildman–Crippen LogP) is 8.39. The molecule has 1 unspecified atom stereocenters. The molecule has 0 radical (unpaired) electrons. The van der Waals surface area contributed by atoms with Gasteiger partial charge in [-0.25, -0.2) is 4.79 Å². The van der Waals surface area contributed by atoms with Crippen molar-refractivity contribution in [1.29, 1.82) is 0 Å². The highest BCUT2D eigenvalue weighted by Crippen LogP contribution is 2.41. The molecule has 9 heteroatoms. The summed E-state index contributed by atoms with van der Waals surface area (Å²) in [6.07, 6.45) is 4.98. The van der Waals surface area contributed by atoms with Crippen LogP contribution in [-0.4, -0.2) is 24.1 Å². The zero-order chi connectivity index (χ0) is 29.5. The fraction of sp³-hybridized carbons (Fsp3) is 0.242. The molecule has 5 rings (SSSR count). The van der Waals surface area contributed by atoms with E-state index in [0.717, 1.165) is 59.5 Å². The van der Waals surface area contributed by atoms with Crippen LogP contribution in [0.1, 0.15) is 56.4 Å². The number of amides is 1. The third-order valence-electron chi connectivity index (χ3n) is 7.04. The van der Waals surface area contributed by atoms with E-state index in [9.17, 15) is 9.59 Å². The SMILES string of the molecule is COC(=O)c1c(NC(=O)C(Sc2cccc(NC(=S)Nc3ccc(C)cc3)c2)c2ccccc2)sc2c1CCCCC2. The molecule has 0 fully saturated rings. The lowest BCUT2D eigenvalue weighted by Crippen LogP contribution is -2.20. The summed E-state index contributed by atoms with van der Waals surface area (Å²) in [6.45, 7) is 2.04. The van der Waals surface area contributed by atoms with Crippen LogP contribution < -0.4 is 16.0 Å². The topological polar surface area (TPSA) is 79.5 Å². The van der Waals surface area contributed by atoms with Crippen LogP contribution in [0.3, 0.4) is 0 Å². The van der Waals surface area contributed by atoms with Crippen LogP contribution in [0.15, 0.2) is 83.8 Å². The van der Waals surface area contributed by atoms with Gasteiger partial charge < -0.3 is 20.7 Å². The quantitative estimate of drug-likeness (QED) is 0.0795. The first kappa shape index (κ1) is 29.8. The Bertz CT molecular complexity index is 1570. The van der Waals surface area contributed by atoms with Crippen LogP contribution in [0, 0.1) is 6.92 Å². The Balaban J connectivity index is 1.36. The van der Waals surface area contributed by atoms with E-state index in [1.54, 1.807) is 0 Å². The molecule has 4 aromatic rings. The van der Waals surface area contributed by atoms with Gasteiger partial charge in [0.05, 0.1) is 12.7 Å². The fourth-order valence-electron chi connectivity index (χ4n) is 4.94. The van der Waals surface area contributed by atoms with Crippen molar-refractivity contribution in [2.45, 2.75) is 49.2 Å². The molecule has 3 N–H and O–H groups in total. The molecule has 3 aromatic carbocycles. The third-order valence-corrected chi connectivity index (χ3v) is 9.70. The van der Waals surface area contributed by atoms with E-state index in [4.69, 9.17) is 17.0 Å². The predicted molar refractivity (Wildman–Crippen MR) is 178 cm³/mol. The molecule has 0 bridgehead atoms. The summed E-state index contributed by atoms with van der Waals surface area (Å²) < 4.78 is 5.14. The van der Waals surface area contributed by atoms with Crippen molar-refractivity contribution in [2.75, 3.05) is 23.1 Å². The summed E-state index contributed by atoms with van der Waals surface area (Å²) in [5, 5.41) is 10.1. The maximum absolute atomic E-state index is 13.9. The molecule has 0 spiro atoms. The largest absolute Gasteiger partial charge is 0.465 e. The van der Waals surface area contributed by atoms with Crippen molar-refractivity contribution >= 4 is 68.7 Å². The third kappa shape index (κ3) is 7.40. The second kappa shape index (κ2) is 14.0. The Morgan fingerprint density at radius 1 is 0.881 bits per heavy atom. The van der Waals surface area contributed by atoms with Crippen molar-refractivity contribution in [1.82, 2.24) is 0 Å². The highest BCUT2D eigenvalue weighted by atomic mass is 32.2. The standard InChI is InChI=1S/C33H33N3O3S3/c1-21-16-18-23(19-17-21)34-33(40)35-24-12-9-13-25(20-24)41-29(22-10-5-3-6-11-22)30(37)36-31-28(32(38)39-2)26-14-7-4-8-15-27(26)42-31/h3,5-6,9-13,16-20,29H,4,7-8,14-15H2,1-2H3,(H,36,37)(H2,34,35,40). The number of hydrogen-bond acceptors (Lipinski definition) is 6. The summed E-state index contributed by atoms with van der Waals surface area (Å²) in [6, 6.07) is 25.5. The normalized spacial score (nSPS) is 13.3. The van der Waals surface area contributed by atoms with Crippen LogP contribution in [0.5, 0.6) is 0 Å². The number of esters is 1. The zero-order valence-electron chi connectivity index (χ0n) is 23.6. The highest BCUT2D eigenvalue weighted by Gasteiger charge is 2.29. The van der Waals surface area contributed by atoms with Crippen molar-refractivity contribution in [3.63, 3.8) is 0 Å². The molecule has 216 valence electrons. The summed E-state index contributed by atoms with van der Waals surface area (Å²) in [7, 11) is 1.39. The summed E-state index contributed by atoms with van der Waals surface area (Å²) in [5.41, 5.74) is 5.29. The average Bonchev–Trinajstić information content (AvgIpc) is 3.16. The van der Waals surface area contributed by atoms with Gasteiger partial charge in [0.15, 0.2) is 5.11 Å². The van der Waals surface area contributed by atoms with Crippen LogP contribution in [-0.2, 0) is 22.4 Å². The fourth-order valence-corrected chi connectivity index (χ4v) is 7.54. The number of carbonyl (C=O) groups is 2. The minimum Gasteiger partial charge on any atom is -0.465 e. The van der Waals surface area contributed by atoms with E-state index >= 15 is 0 Å². The lowest BCUT2D eigenvalue weighted by molar-refractivity contribution is -0.115. The summed E-state index contributed by atoms with van der Waals surface area (Å²) in [4.78, 5) is 28.8. The number of nitrogens with one attached hydrogen (secondary N) is 3. The van der Waals surface area contributed by atoms with Crippen molar-refractivity contribution in [2.24, 2.45) is 0 Å². The number of anilines is 3. The molecule has 42 heavy (non-hydrogen) atoms. The molecular formula is C33H33N3O3S3. The average molecular weight is 616 g/mol. The van der Waals surface area contributed by atoms with Gasteiger partial charge in [-0.1, -0.05) is 60.5 Å². The van der Waals surface area contributed by atoms with E-state index < -0.39 is 11.2 Å². The second-order valence-electron chi connectivity index (χ2n) is 10.1. The zero-order valence-corrected chi connectivity index (χ0v) is 26.0. The number of rotatable bonds is 8. The number of thiophene rings is 1. The number of hydrogen-bond donors (Lipinski definition) is 3. The van der Waals surface area contributed by atoms with E-state index in [1.807, 2.05) is 85.8 Å². The van der Waals surface area contributed by atoms with E-state index in [2.05, 4.69) is 16.0 Å². The summed E-state index contributed by atoms with van der Waals surface area (Å²) >= 11 is 8.48. The van der Waals surface area contributed by atoms with Crippen LogP contribution in [0.25, 0.3) is 0 Å². The van der Waals surface area contributed by atoms with Gasteiger partial charge in [-0.2, -0.15) is 0 Å². The van der Waals surface area contributed by atoms with Gasteiger partial charge in [0.2, 0.25) is 5.91 Å². The van der Waals surface area contributed by atoms with E-state index in [-0.39, 0.29) is 5.91 Å². The van der Waals surface area contributed by atoms with Gasteiger partial charge in [0, 0.05) is 21.1 Å². The Labute approximate surface area is 260 Å². The van der Waals surface area contributed by atoms with Crippen LogP contribution >= 0.6 is 35.3 Å². The Kier molecular flexibility index (Phi) is 9.94. The number of fused-ring (bicyclic) bond motifs is 1. The van der Waals surface area contributed by atoms with Gasteiger partial charge in [0.1, 0.15) is 10.3 Å². The minimum absolute atomic E-state index is 0.192. The number of methoxy groups -OCH3 is 1. The molecule has 1 aliphatic rings. The molecule has 1 heterocycles. The molecule has 6 nitrogen and oxygen atoms in total. The number of thioether (sulfide) groups is 1. The smallest absolute Gasteiger partial charge is 0.341 e. The molecule has 0 aliphatic heterocycles. The van der Waals surface area contributed by atoms with Gasteiger partial charge in [-0.3, -0.25) is 4.79 Å². The molecule has 1 atom stereocenters. The Morgan fingerprint density at radius 2 is 1.62 bits per heavy atom. The van der Waals surface area contributed by atoms with Crippen molar-refractivity contribution in [3.05, 3.63) is 106 Å². The van der Waals surface area contributed by atoms with Gasteiger partial charge >= 0.3 is 5.97 Å². The lowest BCUT2D eigenvalue weighted by atomic mass is 10.1. The number of benzene rings is 3. The van der Waals surface area contributed by atoms with Crippen molar-refractivity contribution < 1.29 is 14.3 Å². The van der Waals surface area contributed by atoms with Gasteiger partial charge in [0.25, 0.3) is 0 Å². The molecule has 1 aromatic heterocycles. The maximum atomic E-state index is 13.9. The maximum Gasteiger partial charge on any atom is 0.341 e. The van der Waals surface area contributed by atoms with Gasteiger partial charge in [-0.05, 0) is 86.3 Å². The van der Waals surface area contributed by atoms with Gasteiger partial charge in [-0.15, -0.1) is 23.1 Å².